The van der Waals surface area contributed by atoms with Crippen LogP contribution in [-0.2, 0) is 16.6 Å². The van der Waals surface area contributed by atoms with Crippen molar-refractivity contribution in [3.05, 3.63) is 64.3 Å². The molecule has 5 rings (SSSR count). The molecule has 0 atom stereocenters. The van der Waals surface area contributed by atoms with Crippen LogP contribution in [0.1, 0.15) is 19.4 Å². The van der Waals surface area contributed by atoms with Crippen LogP contribution in [-0.4, -0.2) is 29.8 Å². The van der Waals surface area contributed by atoms with Gasteiger partial charge in [-0.1, -0.05) is 24.3 Å². The normalized spacial score (nSPS) is 14.4. The molecule has 0 saturated heterocycles. The molecule has 0 amide bonds. The van der Waals surface area contributed by atoms with Crippen LogP contribution in [0.15, 0.2) is 53.3 Å². The van der Waals surface area contributed by atoms with Gasteiger partial charge in [0.05, 0.1) is 29.2 Å². The fourth-order valence-electron chi connectivity index (χ4n) is 4.41. The summed E-state index contributed by atoms with van der Waals surface area (Å²) in [6.07, 6.45) is 4.00. The minimum atomic E-state index is -0.480. The molecule has 0 aliphatic carbocycles. The summed E-state index contributed by atoms with van der Waals surface area (Å²) in [5.74, 6) is 0.244. The topological polar surface area (TPSA) is 69.6 Å². The maximum atomic E-state index is 13.8. The third kappa shape index (κ3) is 3.11. The minimum Gasteiger partial charge on any atom is -0.483 e. The van der Waals surface area contributed by atoms with Gasteiger partial charge in [-0.2, -0.15) is 0 Å². The number of nitrogens with one attached hydrogen (secondary N) is 1. The SMILES string of the molecule is COC(=O)CNc1cc2c(c3c1c(=O)c1cc4ccccc4cc1n3C)C=CC(C)(C)O2. The summed E-state index contributed by atoms with van der Waals surface area (Å²) in [5, 5.41) is 6.31. The first-order valence-corrected chi connectivity index (χ1v) is 10.5. The number of hydrogen-bond acceptors (Lipinski definition) is 5. The number of ether oxygens (including phenoxy) is 2. The second-order valence-electron chi connectivity index (χ2n) is 8.63. The largest absolute Gasteiger partial charge is 0.483 e. The Morgan fingerprint density at radius 2 is 1.88 bits per heavy atom. The van der Waals surface area contributed by atoms with Gasteiger partial charge in [0.15, 0.2) is 5.43 Å². The number of carbonyl (C=O) groups excluding carboxylic acids is 1. The Labute approximate surface area is 185 Å². The summed E-state index contributed by atoms with van der Waals surface area (Å²) in [7, 11) is 3.29. The molecule has 0 bridgehead atoms. The summed E-state index contributed by atoms with van der Waals surface area (Å²) in [4.78, 5) is 25.6. The van der Waals surface area contributed by atoms with Crippen molar-refractivity contribution >= 4 is 50.3 Å². The lowest BCUT2D eigenvalue weighted by molar-refractivity contribution is -0.138. The monoisotopic (exact) mass is 428 g/mol. The molecule has 0 fully saturated rings. The van der Waals surface area contributed by atoms with E-state index in [1.165, 1.54) is 7.11 Å². The molecule has 0 radical (unpaired) electrons. The van der Waals surface area contributed by atoms with Gasteiger partial charge < -0.3 is 19.4 Å². The summed E-state index contributed by atoms with van der Waals surface area (Å²) < 4.78 is 13.0. The van der Waals surface area contributed by atoms with Gasteiger partial charge in [-0.15, -0.1) is 0 Å². The standard InChI is InChI=1S/C26H24N2O4/c1-26(2)10-9-17-21(32-26)13-19(27-14-22(29)31-4)23-24(17)28(3)20-12-16-8-6-5-7-15(16)11-18(20)25(23)30/h5-13,27H,14H2,1-4H3. The van der Waals surface area contributed by atoms with E-state index in [0.29, 0.717) is 22.2 Å². The van der Waals surface area contributed by atoms with E-state index in [9.17, 15) is 9.59 Å². The van der Waals surface area contributed by atoms with E-state index in [1.54, 1.807) is 6.07 Å². The molecular weight excluding hydrogens is 404 g/mol. The van der Waals surface area contributed by atoms with E-state index in [-0.39, 0.29) is 12.0 Å². The van der Waals surface area contributed by atoms with E-state index in [0.717, 1.165) is 27.4 Å². The number of aromatic nitrogens is 1. The highest BCUT2D eigenvalue weighted by Crippen LogP contribution is 2.40. The number of esters is 1. The van der Waals surface area contributed by atoms with Gasteiger partial charge in [-0.05, 0) is 48.9 Å². The summed E-state index contributed by atoms with van der Waals surface area (Å²) >= 11 is 0. The Kier molecular flexibility index (Phi) is 4.48. The third-order valence-corrected chi connectivity index (χ3v) is 6.01. The molecule has 6 heteroatoms. The number of nitrogens with zero attached hydrogens (tertiary/aromatic N) is 1. The van der Waals surface area contributed by atoms with Gasteiger partial charge in [0.1, 0.15) is 17.9 Å². The summed E-state index contributed by atoms with van der Waals surface area (Å²) in [6.45, 7) is 3.90. The van der Waals surface area contributed by atoms with Gasteiger partial charge >= 0.3 is 5.97 Å². The number of fused-ring (bicyclic) bond motifs is 5. The van der Waals surface area contributed by atoms with Crippen molar-refractivity contribution < 1.29 is 14.3 Å². The number of hydrogen-bond donors (Lipinski definition) is 1. The number of rotatable bonds is 3. The molecule has 1 aliphatic heterocycles. The van der Waals surface area contributed by atoms with E-state index in [1.807, 2.05) is 74.0 Å². The lowest BCUT2D eigenvalue weighted by Crippen LogP contribution is -2.28. The maximum Gasteiger partial charge on any atom is 0.325 e. The maximum absolute atomic E-state index is 13.8. The van der Waals surface area contributed by atoms with Crippen LogP contribution in [0.3, 0.4) is 0 Å². The first-order chi connectivity index (χ1) is 15.3. The Bertz CT molecular complexity index is 1510. The predicted molar refractivity (Wildman–Crippen MR) is 128 cm³/mol. The third-order valence-electron chi connectivity index (χ3n) is 6.01. The predicted octanol–water partition coefficient (Wildman–Crippen LogP) is 4.61. The van der Waals surface area contributed by atoms with Gasteiger partial charge in [0, 0.05) is 24.1 Å². The number of carbonyl (C=O) groups is 1. The average molecular weight is 428 g/mol. The Balaban J connectivity index is 1.90. The van der Waals surface area contributed by atoms with Gasteiger partial charge in [-0.25, -0.2) is 0 Å². The number of benzene rings is 3. The average Bonchev–Trinajstić information content (AvgIpc) is 2.78. The molecule has 6 nitrogen and oxygen atoms in total. The number of methoxy groups -OCH3 is 1. The second kappa shape index (κ2) is 7.12. The molecule has 32 heavy (non-hydrogen) atoms. The van der Waals surface area contributed by atoms with Crippen molar-refractivity contribution in [2.24, 2.45) is 7.05 Å². The van der Waals surface area contributed by atoms with Gasteiger partial charge in [-0.3, -0.25) is 9.59 Å². The molecule has 0 spiro atoms. The van der Waals surface area contributed by atoms with E-state index < -0.39 is 11.6 Å². The minimum absolute atomic E-state index is 0.0530. The lowest BCUT2D eigenvalue weighted by atomic mass is 9.96. The number of anilines is 1. The fourth-order valence-corrected chi connectivity index (χ4v) is 4.41. The quantitative estimate of drug-likeness (QED) is 0.381. The first kappa shape index (κ1) is 20.1. The highest BCUT2D eigenvalue weighted by atomic mass is 16.5. The molecule has 1 aliphatic rings. The van der Waals surface area contributed by atoms with Gasteiger partial charge in [0.25, 0.3) is 0 Å². The fraction of sp³-hybridized carbons (Fsp3) is 0.231. The van der Waals surface area contributed by atoms with Crippen LogP contribution in [0.5, 0.6) is 5.75 Å². The van der Waals surface area contributed by atoms with Crippen molar-refractivity contribution in [2.75, 3.05) is 19.0 Å². The van der Waals surface area contributed by atoms with E-state index in [2.05, 4.69) is 5.32 Å². The highest BCUT2D eigenvalue weighted by Gasteiger charge is 2.27. The number of pyridine rings is 1. The molecular formula is C26H24N2O4. The van der Waals surface area contributed by atoms with E-state index >= 15 is 0 Å². The molecule has 0 unspecified atom stereocenters. The summed E-state index contributed by atoms with van der Waals surface area (Å²) in [5.41, 5.74) is 2.42. The smallest absolute Gasteiger partial charge is 0.325 e. The van der Waals surface area contributed by atoms with E-state index in [4.69, 9.17) is 9.47 Å². The molecule has 1 aromatic heterocycles. The second-order valence-corrected chi connectivity index (χ2v) is 8.63. The number of aryl methyl sites for hydroxylation is 1. The first-order valence-electron chi connectivity index (χ1n) is 10.5. The van der Waals surface area contributed by atoms with Crippen molar-refractivity contribution in [1.82, 2.24) is 4.57 Å². The zero-order valence-corrected chi connectivity index (χ0v) is 18.5. The van der Waals surface area contributed by atoms with Crippen molar-refractivity contribution in [3.63, 3.8) is 0 Å². The molecule has 2 heterocycles. The van der Waals surface area contributed by atoms with Crippen molar-refractivity contribution in [3.8, 4) is 5.75 Å². The van der Waals surface area contributed by atoms with Crippen molar-refractivity contribution in [2.45, 2.75) is 19.4 Å². The van der Waals surface area contributed by atoms with Crippen LogP contribution >= 0.6 is 0 Å². The Morgan fingerprint density at radius 1 is 1.16 bits per heavy atom. The van der Waals surface area contributed by atoms with Crippen LogP contribution < -0.4 is 15.5 Å². The van der Waals surface area contributed by atoms with Crippen LogP contribution in [0, 0.1) is 0 Å². The molecule has 0 saturated carbocycles. The van der Waals surface area contributed by atoms with Crippen LogP contribution in [0.25, 0.3) is 38.7 Å². The summed E-state index contributed by atoms with van der Waals surface area (Å²) in [6, 6.07) is 13.8. The zero-order valence-electron chi connectivity index (χ0n) is 18.5. The van der Waals surface area contributed by atoms with Gasteiger partial charge in [0.2, 0.25) is 0 Å². The Morgan fingerprint density at radius 3 is 2.59 bits per heavy atom. The molecule has 162 valence electrons. The van der Waals surface area contributed by atoms with Crippen LogP contribution in [0.2, 0.25) is 0 Å². The molecule has 4 aromatic rings. The van der Waals surface area contributed by atoms with Crippen LogP contribution in [0.4, 0.5) is 5.69 Å². The molecule has 1 N–H and O–H groups in total. The lowest BCUT2D eigenvalue weighted by Gasteiger charge is -2.30. The Hall–Kier alpha value is -3.80. The van der Waals surface area contributed by atoms with Crippen molar-refractivity contribution in [1.29, 1.82) is 0 Å². The highest BCUT2D eigenvalue weighted by molar-refractivity contribution is 6.08. The molecule has 3 aromatic carbocycles. The zero-order chi connectivity index (χ0) is 22.6.